The molecule has 2 rings (SSSR count). The molecule has 1 saturated carbocycles. The van der Waals surface area contributed by atoms with Crippen molar-refractivity contribution in [2.24, 2.45) is 5.73 Å². The van der Waals surface area contributed by atoms with Gasteiger partial charge >= 0.3 is 0 Å². The summed E-state index contributed by atoms with van der Waals surface area (Å²) >= 11 is 3.34. The normalized spacial score (nSPS) is 22.8. The van der Waals surface area contributed by atoms with Crippen molar-refractivity contribution < 1.29 is 9.53 Å². The summed E-state index contributed by atoms with van der Waals surface area (Å²) in [7, 11) is 1.55. The van der Waals surface area contributed by atoms with Crippen LogP contribution in [0.3, 0.4) is 0 Å². The van der Waals surface area contributed by atoms with Crippen LogP contribution >= 0.6 is 15.9 Å². The molecule has 0 atom stereocenters. The smallest absolute Gasteiger partial charge is 0.255 e. The van der Waals surface area contributed by atoms with Crippen LogP contribution in [0.25, 0.3) is 0 Å². The number of hydrogen-bond donors (Lipinski definition) is 2. The fraction of sp³-hybridized carbons (Fsp3) is 0.417. The number of nitrogens with one attached hydrogen (secondary N) is 1. The van der Waals surface area contributed by atoms with Crippen LogP contribution in [-0.2, 0) is 0 Å². The SMILES string of the molecule is COc1cc(Br)ccc1C(=O)NC1CC(N)C1. The van der Waals surface area contributed by atoms with E-state index in [9.17, 15) is 4.79 Å². The van der Waals surface area contributed by atoms with Crippen molar-refractivity contribution in [1.82, 2.24) is 5.32 Å². The molecule has 1 amide bonds. The zero-order valence-corrected chi connectivity index (χ0v) is 11.2. The Balaban J connectivity index is 2.08. The monoisotopic (exact) mass is 298 g/mol. The van der Waals surface area contributed by atoms with Crippen molar-refractivity contribution in [3.05, 3.63) is 28.2 Å². The average Bonchev–Trinajstić information content (AvgIpc) is 2.26. The Morgan fingerprint density at radius 3 is 2.82 bits per heavy atom. The highest BCUT2D eigenvalue weighted by atomic mass is 79.9. The second kappa shape index (κ2) is 5.06. The van der Waals surface area contributed by atoms with E-state index in [4.69, 9.17) is 10.5 Å². The highest BCUT2D eigenvalue weighted by molar-refractivity contribution is 9.10. The van der Waals surface area contributed by atoms with Crippen LogP contribution in [-0.4, -0.2) is 25.1 Å². The predicted molar refractivity (Wildman–Crippen MR) is 69.2 cm³/mol. The van der Waals surface area contributed by atoms with Crippen LogP contribution in [0.5, 0.6) is 5.75 Å². The maximum atomic E-state index is 12.0. The molecule has 3 N–H and O–H groups in total. The minimum atomic E-state index is -0.105. The number of hydrogen-bond acceptors (Lipinski definition) is 3. The first-order chi connectivity index (χ1) is 8.10. The van der Waals surface area contributed by atoms with E-state index in [0.717, 1.165) is 17.3 Å². The van der Waals surface area contributed by atoms with Gasteiger partial charge in [-0.15, -0.1) is 0 Å². The third kappa shape index (κ3) is 2.79. The molecule has 5 heteroatoms. The van der Waals surface area contributed by atoms with E-state index in [1.54, 1.807) is 19.2 Å². The first-order valence-electron chi connectivity index (χ1n) is 5.50. The van der Waals surface area contributed by atoms with Gasteiger partial charge in [0.15, 0.2) is 0 Å². The largest absolute Gasteiger partial charge is 0.496 e. The minimum absolute atomic E-state index is 0.105. The number of ether oxygens (including phenoxy) is 1. The van der Waals surface area contributed by atoms with Crippen LogP contribution in [0.15, 0.2) is 22.7 Å². The number of nitrogens with two attached hydrogens (primary N) is 1. The molecule has 1 aliphatic rings. The van der Waals surface area contributed by atoms with Crippen LogP contribution in [0.1, 0.15) is 23.2 Å². The van der Waals surface area contributed by atoms with Crippen molar-refractivity contribution in [2.45, 2.75) is 24.9 Å². The third-order valence-electron chi connectivity index (χ3n) is 2.92. The Bertz CT molecular complexity index is 431. The maximum absolute atomic E-state index is 12.0. The number of benzene rings is 1. The summed E-state index contributed by atoms with van der Waals surface area (Å²) in [6, 6.07) is 5.78. The zero-order valence-electron chi connectivity index (χ0n) is 9.57. The van der Waals surface area contributed by atoms with Gasteiger partial charge in [0.1, 0.15) is 5.75 Å². The number of halogens is 1. The molecule has 1 aromatic carbocycles. The van der Waals surface area contributed by atoms with Crippen molar-refractivity contribution >= 4 is 21.8 Å². The predicted octanol–water partition coefficient (Wildman–Crippen LogP) is 1.68. The molecule has 1 aromatic rings. The van der Waals surface area contributed by atoms with Crippen molar-refractivity contribution in [3.63, 3.8) is 0 Å². The summed E-state index contributed by atoms with van der Waals surface area (Å²) in [5.74, 6) is 0.465. The molecule has 0 heterocycles. The van der Waals surface area contributed by atoms with Gasteiger partial charge in [-0.2, -0.15) is 0 Å². The van der Waals surface area contributed by atoms with E-state index in [2.05, 4.69) is 21.2 Å². The van der Waals surface area contributed by atoms with Gasteiger partial charge in [-0.05, 0) is 31.0 Å². The average molecular weight is 299 g/mol. The molecule has 0 aliphatic heterocycles. The van der Waals surface area contributed by atoms with Crippen LogP contribution < -0.4 is 15.8 Å². The minimum Gasteiger partial charge on any atom is -0.496 e. The first-order valence-corrected chi connectivity index (χ1v) is 6.29. The van der Waals surface area contributed by atoms with Gasteiger partial charge in [-0.3, -0.25) is 4.79 Å². The highest BCUT2D eigenvalue weighted by Crippen LogP contribution is 2.24. The molecule has 0 spiro atoms. The molecule has 1 fully saturated rings. The lowest BCUT2D eigenvalue weighted by atomic mass is 9.87. The first kappa shape index (κ1) is 12.4. The lowest BCUT2D eigenvalue weighted by Gasteiger charge is -2.33. The molecule has 4 nitrogen and oxygen atoms in total. The van der Waals surface area contributed by atoms with Gasteiger partial charge in [-0.25, -0.2) is 0 Å². The van der Waals surface area contributed by atoms with Crippen molar-refractivity contribution in [2.75, 3.05) is 7.11 Å². The quantitative estimate of drug-likeness (QED) is 0.892. The van der Waals surface area contributed by atoms with E-state index in [1.165, 1.54) is 0 Å². The van der Waals surface area contributed by atoms with Gasteiger partial charge < -0.3 is 15.8 Å². The molecule has 0 saturated heterocycles. The Morgan fingerprint density at radius 1 is 1.53 bits per heavy atom. The molecule has 0 aromatic heterocycles. The fourth-order valence-electron chi connectivity index (χ4n) is 1.90. The molecular formula is C12H15BrN2O2. The standard InChI is InChI=1S/C12H15BrN2O2/c1-17-11-4-7(13)2-3-10(11)12(16)15-9-5-8(14)6-9/h2-4,8-9H,5-6,14H2,1H3,(H,15,16). The van der Waals surface area contributed by atoms with E-state index < -0.39 is 0 Å². The lowest BCUT2D eigenvalue weighted by molar-refractivity contribution is 0.0907. The summed E-state index contributed by atoms with van der Waals surface area (Å²) in [6.07, 6.45) is 1.70. The van der Waals surface area contributed by atoms with Crippen LogP contribution in [0.2, 0.25) is 0 Å². The summed E-state index contributed by atoms with van der Waals surface area (Å²) in [5, 5.41) is 2.94. The number of methoxy groups -OCH3 is 1. The summed E-state index contributed by atoms with van der Waals surface area (Å²) < 4.78 is 6.07. The van der Waals surface area contributed by atoms with Gasteiger partial charge in [0.2, 0.25) is 0 Å². The topological polar surface area (TPSA) is 64.3 Å². The molecular weight excluding hydrogens is 284 g/mol. The van der Waals surface area contributed by atoms with Gasteiger partial charge in [0, 0.05) is 16.6 Å². The molecule has 0 radical (unpaired) electrons. The highest BCUT2D eigenvalue weighted by Gasteiger charge is 2.28. The molecule has 1 aliphatic carbocycles. The molecule has 0 bridgehead atoms. The molecule has 0 unspecified atom stereocenters. The lowest BCUT2D eigenvalue weighted by Crippen LogP contribution is -2.50. The maximum Gasteiger partial charge on any atom is 0.255 e. The second-order valence-corrected chi connectivity index (χ2v) is 5.16. The van der Waals surface area contributed by atoms with Crippen molar-refractivity contribution in [1.29, 1.82) is 0 Å². The van der Waals surface area contributed by atoms with E-state index in [-0.39, 0.29) is 18.0 Å². The Labute approximate surface area is 109 Å². The van der Waals surface area contributed by atoms with Crippen LogP contribution in [0.4, 0.5) is 0 Å². The molecule has 17 heavy (non-hydrogen) atoms. The summed E-state index contributed by atoms with van der Waals surface area (Å²) in [6.45, 7) is 0. The zero-order chi connectivity index (χ0) is 12.4. The van der Waals surface area contributed by atoms with E-state index in [1.807, 2.05) is 6.07 Å². The van der Waals surface area contributed by atoms with Gasteiger partial charge in [0.05, 0.1) is 12.7 Å². The second-order valence-electron chi connectivity index (χ2n) is 4.25. The van der Waals surface area contributed by atoms with E-state index in [0.29, 0.717) is 11.3 Å². The van der Waals surface area contributed by atoms with Gasteiger partial charge in [-0.1, -0.05) is 15.9 Å². The summed E-state index contributed by atoms with van der Waals surface area (Å²) in [4.78, 5) is 12.0. The number of rotatable bonds is 3. The number of amides is 1. The van der Waals surface area contributed by atoms with E-state index >= 15 is 0 Å². The number of carbonyl (C=O) groups is 1. The Morgan fingerprint density at radius 2 is 2.24 bits per heavy atom. The third-order valence-corrected chi connectivity index (χ3v) is 3.41. The Hall–Kier alpha value is -1.07. The summed E-state index contributed by atoms with van der Waals surface area (Å²) in [5.41, 5.74) is 6.23. The molecule has 92 valence electrons. The fourth-order valence-corrected chi connectivity index (χ4v) is 2.24. The van der Waals surface area contributed by atoms with Crippen LogP contribution in [0, 0.1) is 0 Å². The number of carbonyl (C=O) groups excluding carboxylic acids is 1. The Kier molecular flexibility index (Phi) is 3.69. The van der Waals surface area contributed by atoms with Gasteiger partial charge in [0.25, 0.3) is 5.91 Å². The van der Waals surface area contributed by atoms with Crippen molar-refractivity contribution in [3.8, 4) is 5.75 Å².